The lowest BCUT2D eigenvalue weighted by molar-refractivity contribution is -0.118. The van der Waals surface area contributed by atoms with Crippen LogP contribution in [0.3, 0.4) is 0 Å². The van der Waals surface area contributed by atoms with Crippen LogP contribution in [0, 0.1) is 6.92 Å². The van der Waals surface area contributed by atoms with E-state index in [-0.39, 0.29) is 5.91 Å². The number of rotatable bonds is 7. The molecule has 6 heteroatoms. The number of amides is 1. The maximum absolute atomic E-state index is 12.0. The van der Waals surface area contributed by atoms with E-state index in [1.54, 1.807) is 18.4 Å². The third-order valence-corrected chi connectivity index (χ3v) is 5.08. The average Bonchev–Trinajstić information content (AvgIpc) is 2.91. The van der Waals surface area contributed by atoms with Crippen molar-refractivity contribution < 1.29 is 9.53 Å². The third kappa shape index (κ3) is 4.74. The Morgan fingerprint density at radius 1 is 1.45 bits per heavy atom. The molecule has 0 aliphatic carbocycles. The monoisotopic (exact) mass is 336 g/mol. The van der Waals surface area contributed by atoms with Crippen LogP contribution in [0.25, 0.3) is 0 Å². The van der Waals surface area contributed by atoms with Crippen LogP contribution >= 0.6 is 23.1 Å². The molecule has 2 rings (SSSR count). The minimum atomic E-state index is 0.0286. The molecular weight excluding hydrogens is 316 g/mol. The molecule has 1 aromatic heterocycles. The van der Waals surface area contributed by atoms with Gasteiger partial charge in [-0.25, -0.2) is 4.98 Å². The lowest BCUT2D eigenvalue weighted by Gasteiger charge is -2.06. The number of methoxy groups -OCH3 is 1. The highest BCUT2D eigenvalue weighted by molar-refractivity contribution is 8.00. The van der Waals surface area contributed by atoms with Crippen molar-refractivity contribution in [1.29, 1.82) is 0 Å². The minimum Gasteiger partial charge on any atom is -0.497 e. The number of hydrogen-bond donors (Lipinski definition) is 1. The molecule has 1 heterocycles. The summed E-state index contributed by atoms with van der Waals surface area (Å²) in [6.45, 7) is 4.64. The van der Waals surface area contributed by atoms with Gasteiger partial charge in [-0.15, -0.1) is 23.1 Å². The van der Waals surface area contributed by atoms with Crippen molar-refractivity contribution in [2.45, 2.75) is 31.7 Å². The van der Waals surface area contributed by atoms with E-state index >= 15 is 0 Å². The summed E-state index contributed by atoms with van der Waals surface area (Å²) in [5.74, 6) is 1.23. The molecule has 0 saturated carbocycles. The van der Waals surface area contributed by atoms with Crippen molar-refractivity contribution in [1.82, 2.24) is 10.3 Å². The first-order valence-electron chi connectivity index (χ1n) is 7.11. The second kappa shape index (κ2) is 8.19. The van der Waals surface area contributed by atoms with Crippen LogP contribution in [-0.2, 0) is 17.8 Å². The molecule has 118 valence electrons. The van der Waals surface area contributed by atoms with Gasteiger partial charge in [0.05, 0.1) is 30.1 Å². The largest absolute Gasteiger partial charge is 0.497 e. The van der Waals surface area contributed by atoms with Crippen LogP contribution in [-0.4, -0.2) is 23.8 Å². The number of nitrogens with one attached hydrogen (secondary N) is 1. The van der Waals surface area contributed by atoms with Gasteiger partial charge in [0.25, 0.3) is 0 Å². The van der Waals surface area contributed by atoms with Gasteiger partial charge in [0.2, 0.25) is 5.91 Å². The number of benzene rings is 1. The fourth-order valence-electron chi connectivity index (χ4n) is 2.00. The normalized spacial score (nSPS) is 10.5. The number of thioether (sulfide) groups is 1. The SMILES string of the molecule is CCc1nc(C)sc1CNC(=O)CSc1cccc(OC)c1. The molecule has 2 aromatic rings. The van der Waals surface area contributed by atoms with E-state index in [4.69, 9.17) is 4.74 Å². The fourth-order valence-corrected chi connectivity index (χ4v) is 3.74. The number of nitrogens with zero attached hydrogens (tertiary/aromatic N) is 1. The molecular formula is C16H20N2O2S2. The molecule has 0 fully saturated rings. The quantitative estimate of drug-likeness (QED) is 0.787. The molecule has 0 bridgehead atoms. The smallest absolute Gasteiger partial charge is 0.230 e. The first kappa shape index (κ1) is 16.8. The Kier molecular flexibility index (Phi) is 6.27. The first-order valence-corrected chi connectivity index (χ1v) is 8.91. The minimum absolute atomic E-state index is 0.0286. The van der Waals surface area contributed by atoms with Crippen molar-refractivity contribution in [2.75, 3.05) is 12.9 Å². The van der Waals surface area contributed by atoms with Gasteiger partial charge in [0.15, 0.2) is 0 Å². The zero-order valence-electron chi connectivity index (χ0n) is 13.0. The van der Waals surface area contributed by atoms with Crippen LogP contribution in [0.15, 0.2) is 29.2 Å². The zero-order chi connectivity index (χ0) is 15.9. The summed E-state index contributed by atoms with van der Waals surface area (Å²) < 4.78 is 5.18. The molecule has 0 spiro atoms. The predicted molar refractivity (Wildman–Crippen MR) is 91.8 cm³/mol. The Morgan fingerprint density at radius 2 is 2.27 bits per heavy atom. The highest BCUT2D eigenvalue weighted by Gasteiger charge is 2.09. The Bertz CT molecular complexity index is 641. The van der Waals surface area contributed by atoms with Gasteiger partial charge in [-0.05, 0) is 31.5 Å². The summed E-state index contributed by atoms with van der Waals surface area (Å²) in [5, 5.41) is 4.01. The predicted octanol–water partition coefficient (Wildman–Crippen LogP) is 3.43. The van der Waals surface area contributed by atoms with Gasteiger partial charge < -0.3 is 10.1 Å². The first-order chi connectivity index (χ1) is 10.6. The van der Waals surface area contributed by atoms with E-state index in [0.717, 1.165) is 32.6 Å². The second-order valence-electron chi connectivity index (χ2n) is 4.70. The summed E-state index contributed by atoms with van der Waals surface area (Å²) >= 11 is 3.16. The third-order valence-electron chi connectivity index (χ3n) is 3.08. The van der Waals surface area contributed by atoms with E-state index in [2.05, 4.69) is 17.2 Å². The van der Waals surface area contributed by atoms with E-state index in [0.29, 0.717) is 12.3 Å². The number of carbonyl (C=O) groups is 1. The van der Waals surface area contributed by atoms with Crippen molar-refractivity contribution in [3.05, 3.63) is 39.8 Å². The Hall–Kier alpha value is -1.53. The van der Waals surface area contributed by atoms with Crippen LogP contribution < -0.4 is 10.1 Å². The molecule has 1 amide bonds. The molecule has 22 heavy (non-hydrogen) atoms. The molecule has 0 aliphatic heterocycles. The number of thiazole rings is 1. The van der Waals surface area contributed by atoms with Crippen molar-refractivity contribution in [2.24, 2.45) is 0 Å². The number of ether oxygens (including phenoxy) is 1. The second-order valence-corrected chi connectivity index (χ2v) is 7.04. The van der Waals surface area contributed by atoms with Crippen LogP contribution in [0.2, 0.25) is 0 Å². The summed E-state index contributed by atoms with van der Waals surface area (Å²) in [7, 11) is 1.64. The molecule has 0 atom stereocenters. The van der Waals surface area contributed by atoms with Crippen molar-refractivity contribution in [3.63, 3.8) is 0 Å². The van der Waals surface area contributed by atoms with Crippen molar-refractivity contribution in [3.8, 4) is 5.75 Å². The zero-order valence-corrected chi connectivity index (χ0v) is 14.6. The van der Waals surface area contributed by atoms with Crippen molar-refractivity contribution >= 4 is 29.0 Å². The maximum Gasteiger partial charge on any atom is 0.230 e. The van der Waals surface area contributed by atoms with E-state index in [1.807, 2.05) is 31.2 Å². The van der Waals surface area contributed by atoms with Gasteiger partial charge in [-0.3, -0.25) is 4.79 Å². The van der Waals surface area contributed by atoms with Gasteiger partial charge in [0.1, 0.15) is 5.75 Å². The van der Waals surface area contributed by atoms with Gasteiger partial charge >= 0.3 is 0 Å². The average molecular weight is 336 g/mol. The van der Waals surface area contributed by atoms with Gasteiger partial charge in [-0.1, -0.05) is 13.0 Å². The van der Waals surface area contributed by atoms with E-state index in [1.165, 1.54) is 11.8 Å². The summed E-state index contributed by atoms with van der Waals surface area (Å²) in [4.78, 5) is 18.6. The molecule has 0 radical (unpaired) electrons. The maximum atomic E-state index is 12.0. The summed E-state index contributed by atoms with van der Waals surface area (Å²) in [5.41, 5.74) is 1.09. The number of aromatic nitrogens is 1. The van der Waals surface area contributed by atoms with Gasteiger partial charge in [-0.2, -0.15) is 0 Å². The highest BCUT2D eigenvalue weighted by Crippen LogP contribution is 2.23. The fraction of sp³-hybridized carbons (Fsp3) is 0.375. The Labute approximate surface area is 139 Å². The molecule has 1 N–H and O–H groups in total. The van der Waals surface area contributed by atoms with E-state index in [9.17, 15) is 4.79 Å². The molecule has 0 saturated heterocycles. The summed E-state index contributed by atoms with van der Waals surface area (Å²) in [6, 6.07) is 7.72. The number of hydrogen-bond acceptors (Lipinski definition) is 5. The van der Waals surface area contributed by atoms with Crippen LogP contribution in [0.1, 0.15) is 22.5 Å². The molecule has 0 aliphatic rings. The number of aryl methyl sites for hydroxylation is 2. The summed E-state index contributed by atoms with van der Waals surface area (Å²) in [6.07, 6.45) is 0.897. The molecule has 4 nitrogen and oxygen atoms in total. The standard InChI is InChI=1S/C16H20N2O2S2/c1-4-14-15(22-11(2)18-14)9-17-16(19)10-21-13-7-5-6-12(8-13)20-3/h5-8H,4,9-10H2,1-3H3,(H,17,19). The van der Waals surface area contributed by atoms with Crippen LogP contribution in [0.5, 0.6) is 5.75 Å². The van der Waals surface area contributed by atoms with Gasteiger partial charge in [0, 0.05) is 9.77 Å². The topological polar surface area (TPSA) is 51.2 Å². The highest BCUT2D eigenvalue weighted by atomic mass is 32.2. The lowest BCUT2D eigenvalue weighted by atomic mass is 10.3. The number of carbonyl (C=O) groups excluding carboxylic acids is 1. The lowest BCUT2D eigenvalue weighted by Crippen LogP contribution is -2.24. The Morgan fingerprint density at radius 3 is 3.00 bits per heavy atom. The Balaban J connectivity index is 1.82. The van der Waals surface area contributed by atoms with Crippen LogP contribution in [0.4, 0.5) is 0 Å². The molecule has 1 aromatic carbocycles. The van der Waals surface area contributed by atoms with E-state index < -0.39 is 0 Å². The molecule has 0 unspecified atom stereocenters.